The van der Waals surface area contributed by atoms with Gasteiger partial charge in [0.1, 0.15) is 23.9 Å². The second-order valence-corrected chi connectivity index (χ2v) is 10.9. The van der Waals surface area contributed by atoms with E-state index in [1.54, 1.807) is 0 Å². The molecule has 1 unspecified atom stereocenters. The average Bonchev–Trinajstić information content (AvgIpc) is 2.75. The molecule has 0 radical (unpaired) electrons. The molecule has 0 bridgehead atoms. The lowest BCUT2D eigenvalue weighted by Crippen LogP contribution is -2.41. The van der Waals surface area contributed by atoms with Crippen molar-refractivity contribution in [1.29, 1.82) is 0 Å². The van der Waals surface area contributed by atoms with Crippen LogP contribution in [0.2, 0.25) is 0 Å². The van der Waals surface area contributed by atoms with Gasteiger partial charge in [0.05, 0.1) is 5.57 Å². The van der Waals surface area contributed by atoms with Gasteiger partial charge in [-0.1, -0.05) is 19.4 Å². The number of ether oxygens (including phenoxy) is 4. The zero-order valence-corrected chi connectivity index (χ0v) is 20.4. The van der Waals surface area contributed by atoms with Gasteiger partial charge in [0, 0.05) is 17.1 Å². The summed E-state index contributed by atoms with van der Waals surface area (Å²) in [6, 6.07) is -0.220. The number of hydrogen-bond donors (Lipinski definition) is 0. The van der Waals surface area contributed by atoms with Crippen molar-refractivity contribution >= 4 is 40.2 Å². The largest absolute Gasteiger partial charge is 0.511 e. The Morgan fingerprint density at radius 2 is 1.71 bits per heavy atom. The van der Waals surface area contributed by atoms with E-state index in [1.165, 1.54) is 0 Å². The van der Waals surface area contributed by atoms with Gasteiger partial charge in [-0.3, -0.25) is 0 Å². The van der Waals surface area contributed by atoms with E-state index in [0.717, 1.165) is 18.7 Å². The molecule has 0 spiro atoms. The standard InChI is InChI=1S/C18H17F8NO9S2/c1-10-6-12(38(22,23,24,25)26)7-11-8-13(15(18(19,20)21)36-14(10)11)16(28)33-9-34-17(29)32-2-4-37-5-3-35-27(30)31/h6-8,15H,2-5,9H2,1H3. The Morgan fingerprint density at radius 1 is 1.08 bits per heavy atom. The number of benzene rings is 1. The summed E-state index contributed by atoms with van der Waals surface area (Å²) in [5, 5.41) is 8.95. The Labute approximate surface area is 212 Å². The first kappa shape index (κ1) is 31.1. The van der Waals surface area contributed by atoms with Crippen LogP contribution in [-0.4, -0.2) is 61.0 Å². The number of esters is 1. The first-order valence-electron chi connectivity index (χ1n) is 9.84. The van der Waals surface area contributed by atoms with E-state index in [1.807, 2.05) is 0 Å². The molecule has 0 saturated carbocycles. The Bertz CT molecular complexity index is 1130. The predicted octanol–water partition coefficient (Wildman–Crippen LogP) is 5.95. The van der Waals surface area contributed by atoms with Gasteiger partial charge in [0.2, 0.25) is 12.9 Å². The van der Waals surface area contributed by atoms with Crippen LogP contribution < -0.4 is 4.74 Å². The summed E-state index contributed by atoms with van der Waals surface area (Å²) in [5.41, 5.74) is -2.98. The average molecular weight is 607 g/mol. The number of carbonyl (C=O) groups is 2. The molecule has 1 aromatic rings. The van der Waals surface area contributed by atoms with Gasteiger partial charge in [-0.2, -0.15) is 24.9 Å². The quantitative estimate of drug-likeness (QED) is 0.0744. The Hall–Kier alpha value is -3.16. The highest BCUT2D eigenvalue weighted by molar-refractivity contribution is 8.45. The molecule has 0 amide bonds. The first-order chi connectivity index (χ1) is 17.2. The molecule has 0 saturated heterocycles. The van der Waals surface area contributed by atoms with Crippen molar-refractivity contribution in [3.8, 4) is 5.75 Å². The predicted molar refractivity (Wildman–Crippen MR) is 115 cm³/mol. The molecular weight excluding hydrogens is 590 g/mol. The molecule has 1 atom stereocenters. The Kier molecular flexibility index (Phi) is 8.62. The first-order valence-corrected chi connectivity index (χ1v) is 12.9. The van der Waals surface area contributed by atoms with E-state index in [4.69, 9.17) is 0 Å². The van der Waals surface area contributed by atoms with Crippen LogP contribution >= 0.6 is 22.0 Å². The second-order valence-electron chi connectivity index (χ2n) is 7.23. The van der Waals surface area contributed by atoms with Gasteiger partial charge in [-0.25, -0.2) is 9.59 Å². The summed E-state index contributed by atoms with van der Waals surface area (Å²) in [5.74, 6) is -2.31. The Balaban J connectivity index is 2.06. The number of alkyl halides is 3. The molecule has 20 heteroatoms. The molecule has 2 rings (SSSR count). The topological polar surface area (TPSA) is 123 Å². The SMILES string of the molecule is Cc1cc(S(F)(F)(F)(F)F)cc2c1OC(C(F)(F)F)C(C(=O)OCOC(=O)OCCSCCO[N+](=O)[O-])=C2. The third kappa shape index (κ3) is 8.99. The third-order valence-corrected chi connectivity index (χ3v) is 6.36. The number of thioether (sulfide) groups is 1. The van der Waals surface area contributed by atoms with E-state index >= 15 is 0 Å². The van der Waals surface area contributed by atoms with E-state index in [2.05, 4.69) is 23.8 Å². The lowest BCUT2D eigenvalue weighted by Gasteiger charge is -2.41. The molecule has 10 nitrogen and oxygen atoms in total. The number of fused-ring (bicyclic) bond motifs is 1. The van der Waals surface area contributed by atoms with Gasteiger partial charge >= 0.3 is 28.5 Å². The summed E-state index contributed by atoms with van der Waals surface area (Å²) in [6.07, 6.45) is -9.47. The molecule has 1 aliphatic rings. The normalized spacial score (nSPS) is 17.1. The van der Waals surface area contributed by atoms with Gasteiger partial charge in [-0.15, -0.1) is 10.1 Å². The van der Waals surface area contributed by atoms with Crippen molar-refractivity contribution in [2.75, 3.05) is 31.5 Å². The number of carbonyl (C=O) groups excluding carboxylic acids is 2. The van der Waals surface area contributed by atoms with Gasteiger partial charge in [0.25, 0.3) is 5.09 Å². The van der Waals surface area contributed by atoms with E-state index in [9.17, 15) is 52.3 Å². The Morgan fingerprint density at radius 3 is 2.29 bits per heavy atom. The van der Waals surface area contributed by atoms with E-state index in [0.29, 0.717) is 0 Å². The van der Waals surface area contributed by atoms with Crippen molar-refractivity contribution in [3.05, 3.63) is 38.9 Å². The highest BCUT2D eigenvalue weighted by Gasteiger charge is 2.65. The molecule has 1 aliphatic heterocycles. The van der Waals surface area contributed by atoms with Crippen LogP contribution in [-0.2, 0) is 23.8 Å². The minimum Gasteiger partial charge on any atom is -0.475 e. The zero-order chi connectivity index (χ0) is 29.0. The molecule has 0 aromatic heterocycles. The van der Waals surface area contributed by atoms with Gasteiger partial charge in [-0.05, 0) is 30.7 Å². The van der Waals surface area contributed by atoms with Crippen LogP contribution in [0.5, 0.6) is 5.75 Å². The van der Waals surface area contributed by atoms with Crippen LogP contribution in [0.15, 0.2) is 22.6 Å². The van der Waals surface area contributed by atoms with Crippen LogP contribution in [0, 0.1) is 17.0 Å². The van der Waals surface area contributed by atoms with Crippen molar-refractivity contribution in [2.45, 2.75) is 24.1 Å². The van der Waals surface area contributed by atoms with Crippen LogP contribution in [0.25, 0.3) is 6.08 Å². The number of nitrogens with zero attached hydrogens (tertiary/aromatic N) is 1. The molecule has 1 heterocycles. The highest BCUT2D eigenvalue weighted by Crippen LogP contribution is 3.02. The smallest absolute Gasteiger partial charge is 0.475 e. The number of rotatable bonds is 11. The molecule has 1 aromatic carbocycles. The molecule has 0 N–H and O–H groups in total. The number of halogens is 8. The maximum Gasteiger partial charge on any atom is 0.511 e. The third-order valence-electron chi connectivity index (χ3n) is 4.32. The van der Waals surface area contributed by atoms with Crippen molar-refractivity contribution in [2.24, 2.45) is 0 Å². The fourth-order valence-corrected chi connectivity index (χ4v) is 4.15. The molecule has 38 heavy (non-hydrogen) atoms. The van der Waals surface area contributed by atoms with Crippen LogP contribution in [0.3, 0.4) is 0 Å². The molecule has 216 valence electrons. The lowest BCUT2D eigenvalue weighted by atomic mass is 9.99. The van der Waals surface area contributed by atoms with Crippen molar-refractivity contribution in [1.82, 2.24) is 0 Å². The zero-order valence-electron chi connectivity index (χ0n) is 18.8. The lowest BCUT2D eigenvalue weighted by molar-refractivity contribution is -0.756. The fraction of sp³-hybridized carbons (Fsp3) is 0.444. The van der Waals surface area contributed by atoms with Crippen LogP contribution in [0.4, 0.5) is 37.4 Å². The summed E-state index contributed by atoms with van der Waals surface area (Å²) in [7, 11) is -10.2. The fourth-order valence-electron chi connectivity index (χ4n) is 2.80. The summed E-state index contributed by atoms with van der Waals surface area (Å²) < 4.78 is 125. The van der Waals surface area contributed by atoms with E-state index < -0.39 is 73.9 Å². The maximum absolute atomic E-state index is 13.5. The minimum absolute atomic E-state index is 0.0661. The van der Waals surface area contributed by atoms with E-state index in [-0.39, 0.29) is 42.9 Å². The number of aryl methyl sites for hydroxylation is 1. The molecular formula is C18H17F8NO9S2. The van der Waals surface area contributed by atoms with Crippen LogP contribution in [0.1, 0.15) is 11.1 Å². The minimum atomic E-state index is -10.2. The van der Waals surface area contributed by atoms with Gasteiger partial charge < -0.3 is 23.8 Å². The summed E-state index contributed by atoms with van der Waals surface area (Å²) >= 11 is 1.09. The molecule has 0 fully saturated rings. The van der Waals surface area contributed by atoms with Crippen molar-refractivity contribution in [3.63, 3.8) is 0 Å². The second kappa shape index (κ2) is 10.5. The highest BCUT2D eigenvalue weighted by atomic mass is 32.5. The monoisotopic (exact) mass is 607 g/mol. The summed E-state index contributed by atoms with van der Waals surface area (Å²) in [6.45, 7) is -0.951. The maximum atomic E-state index is 13.5. The molecule has 0 aliphatic carbocycles. The van der Waals surface area contributed by atoms with Gasteiger partial charge in [0.15, 0.2) is 0 Å². The number of hydrogen-bond acceptors (Lipinski definition) is 10. The summed E-state index contributed by atoms with van der Waals surface area (Å²) in [4.78, 5) is 35.2. The van der Waals surface area contributed by atoms with Crippen molar-refractivity contribution < 1.29 is 71.1 Å².